The number of esters is 3. The molecule has 1 unspecified atom stereocenters. The summed E-state index contributed by atoms with van der Waals surface area (Å²) < 4.78 is 24.1. The molecule has 0 spiro atoms. The highest BCUT2D eigenvalue weighted by Crippen LogP contribution is 2.65. The van der Waals surface area contributed by atoms with Crippen LogP contribution in [0.1, 0.15) is 64.7 Å². The van der Waals surface area contributed by atoms with E-state index in [1.807, 2.05) is 6.92 Å². The van der Waals surface area contributed by atoms with Crippen molar-refractivity contribution in [2.75, 3.05) is 6.61 Å². The Morgan fingerprint density at radius 3 is 2.33 bits per heavy atom. The summed E-state index contributed by atoms with van der Waals surface area (Å²) in [6.07, 6.45) is -3.84. The third-order valence-electron chi connectivity index (χ3n) is 10.8. The van der Waals surface area contributed by atoms with E-state index in [0.29, 0.717) is 12.0 Å². The first-order chi connectivity index (χ1) is 20.1. The molecule has 9 atom stereocenters. The number of Topliss-reactive ketones (excluding diaryl/α,β-unsaturated/α-hetero) is 1. The van der Waals surface area contributed by atoms with Crippen molar-refractivity contribution in [2.24, 2.45) is 22.7 Å². The summed E-state index contributed by atoms with van der Waals surface area (Å²) in [6.45, 7) is 13.1. The van der Waals surface area contributed by atoms with E-state index in [0.717, 1.165) is 6.08 Å². The maximum absolute atomic E-state index is 15.0. The summed E-state index contributed by atoms with van der Waals surface area (Å²) >= 11 is 0. The van der Waals surface area contributed by atoms with Gasteiger partial charge in [0.25, 0.3) is 0 Å². The smallest absolute Gasteiger partial charge is 0.338 e. The van der Waals surface area contributed by atoms with Gasteiger partial charge in [0.1, 0.15) is 17.8 Å². The number of fused-ring (bicyclic) bond motifs is 5. The Bertz CT molecular complexity index is 1400. The largest absolute Gasteiger partial charge is 0.455 e. The molecule has 232 valence electrons. The SMILES string of the molecule is C=CC(=O)O[C@@]12CO[C@@H]1C[C@H](C)[C@@]1(C)C(=O)[C@H](OC(C)=O)C3=C(C)[C@@H](O)C[C@@](O)([C@@H](OC(=O)c4ccccc4)C12)C3(C)C. The van der Waals surface area contributed by atoms with Gasteiger partial charge in [-0.1, -0.05) is 52.5 Å². The molecule has 0 radical (unpaired) electrons. The third-order valence-corrected chi connectivity index (χ3v) is 10.8. The summed E-state index contributed by atoms with van der Waals surface area (Å²) in [5, 5.41) is 24.3. The normalized spacial score (nSPS) is 39.6. The molecule has 0 amide bonds. The lowest BCUT2D eigenvalue weighted by atomic mass is 9.43. The van der Waals surface area contributed by atoms with Gasteiger partial charge in [0.05, 0.1) is 24.2 Å². The van der Waals surface area contributed by atoms with E-state index < -0.39 is 82.0 Å². The third kappa shape index (κ3) is 4.32. The van der Waals surface area contributed by atoms with Crippen LogP contribution in [0.25, 0.3) is 0 Å². The average Bonchev–Trinajstić information content (AvgIpc) is 2.95. The maximum atomic E-state index is 15.0. The van der Waals surface area contributed by atoms with Crippen molar-refractivity contribution in [3.05, 3.63) is 59.7 Å². The zero-order valence-electron chi connectivity index (χ0n) is 25.4. The number of carbonyl (C=O) groups is 4. The molecule has 2 N–H and O–H groups in total. The average molecular weight is 597 g/mol. The second kappa shape index (κ2) is 10.4. The molecular weight excluding hydrogens is 556 g/mol. The monoisotopic (exact) mass is 596 g/mol. The van der Waals surface area contributed by atoms with Crippen LogP contribution in [0.15, 0.2) is 54.1 Å². The van der Waals surface area contributed by atoms with Crippen LogP contribution in [0, 0.1) is 22.7 Å². The molecule has 1 saturated heterocycles. The maximum Gasteiger partial charge on any atom is 0.338 e. The minimum Gasteiger partial charge on any atom is -0.455 e. The number of aliphatic hydroxyl groups excluding tert-OH is 1. The highest BCUT2D eigenvalue weighted by atomic mass is 16.6. The lowest BCUT2D eigenvalue weighted by Crippen LogP contribution is -2.80. The number of ketones is 1. The molecule has 1 heterocycles. The molecule has 4 aliphatic rings. The first kappa shape index (κ1) is 31.1. The number of ether oxygens (including phenoxy) is 4. The van der Waals surface area contributed by atoms with E-state index in [2.05, 4.69) is 6.58 Å². The highest BCUT2D eigenvalue weighted by Gasteiger charge is 2.77. The minimum atomic E-state index is -2.03. The number of rotatable bonds is 5. The summed E-state index contributed by atoms with van der Waals surface area (Å²) in [5.74, 6) is -4.37. The summed E-state index contributed by atoms with van der Waals surface area (Å²) in [7, 11) is 0. The Kier molecular flexibility index (Phi) is 7.51. The molecule has 5 rings (SSSR count). The number of aliphatic hydroxyl groups is 2. The molecule has 3 fully saturated rings. The zero-order chi connectivity index (χ0) is 31.7. The molecule has 1 aromatic rings. The van der Waals surface area contributed by atoms with Crippen LogP contribution in [0.2, 0.25) is 0 Å². The molecule has 3 aliphatic carbocycles. The van der Waals surface area contributed by atoms with E-state index in [1.165, 1.54) is 6.92 Å². The minimum absolute atomic E-state index is 0.129. The van der Waals surface area contributed by atoms with Gasteiger partial charge in [-0.25, -0.2) is 9.59 Å². The lowest BCUT2D eigenvalue weighted by Gasteiger charge is -2.68. The van der Waals surface area contributed by atoms with Gasteiger partial charge in [-0.05, 0) is 42.5 Å². The van der Waals surface area contributed by atoms with Crippen molar-refractivity contribution in [1.29, 1.82) is 0 Å². The molecule has 1 aliphatic heterocycles. The predicted octanol–water partition coefficient (Wildman–Crippen LogP) is 3.09. The fraction of sp³-hybridized carbons (Fsp3) is 0.576. The molecule has 10 nitrogen and oxygen atoms in total. The van der Waals surface area contributed by atoms with Gasteiger partial charge in [-0.2, -0.15) is 0 Å². The molecule has 43 heavy (non-hydrogen) atoms. The van der Waals surface area contributed by atoms with Crippen molar-refractivity contribution in [3.63, 3.8) is 0 Å². The molecule has 1 aromatic carbocycles. The van der Waals surface area contributed by atoms with E-state index in [1.54, 1.807) is 58.0 Å². The van der Waals surface area contributed by atoms with Crippen molar-refractivity contribution in [1.82, 2.24) is 0 Å². The Hall–Kier alpha value is -3.34. The van der Waals surface area contributed by atoms with Gasteiger partial charge in [-0.3, -0.25) is 9.59 Å². The molecule has 2 bridgehead atoms. The standard InChI is InChI=1S/C33H40O10/c1-8-23(36)43-32-16-40-22(32)14-17(2)31(7)26(32)28(42-29(38)20-12-10-9-11-13-20)33(39)15-21(35)18(3)24(30(33,5)6)25(27(31)37)41-19(4)34/h8-13,17,21-22,25-26,28,35,39H,1,14-16H2,2-7H3/t17-,21-,22+,25+,26?,28-,31+,32-,33+/m0/s1. The number of benzene rings is 1. The predicted molar refractivity (Wildman–Crippen MR) is 152 cm³/mol. The fourth-order valence-electron chi connectivity index (χ4n) is 8.16. The summed E-state index contributed by atoms with van der Waals surface area (Å²) in [6, 6.07) is 8.22. The van der Waals surface area contributed by atoms with Crippen LogP contribution in [0.4, 0.5) is 0 Å². The highest BCUT2D eigenvalue weighted by molar-refractivity contribution is 5.95. The fourth-order valence-corrected chi connectivity index (χ4v) is 8.16. The molecule has 10 heteroatoms. The van der Waals surface area contributed by atoms with Crippen molar-refractivity contribution >= 4 is 23.7 Å². The van der Waals surface area contributed by atoms with Crippen LogP contribution in [0.3, 0.4) is 0 Å². The van der Waals surface area contributed by atoms with Gasteiger partial charge in [0, 0.05) is 30.3 Å². The number of hydrogen-bond donors (Lipinski definition) is 2. The molecular formula is C33H40O10. The molecule has 0 aromatic heterocycles. The first-order valence-electron chi connectivity index (χ1n) is 14.6. The van der Waals surface area contributed by atoms with Crippen molar-refractivity contribution in [2.45, 2.75) is 90.0 Å². The Morgan fingerprint density at radius 2 is 1.77 bits per heavy atom. The summed E-state index contributed by atoms with van der Waals surface area (Å²) in [4.78, 5) is 54.2. The van der Waals surface area contributed by atoms with Crippen LogP contribution in [0.5, 0.6) is 0 Å². The van der Waals surface area contributed by atoms with E-state index in [-0.39, 0.29) is 24.2 Å². The van der Waals surface area contributed by atoms with Gasteiger partial charge in [0.15, 0.2) is 17.5 Å². The Morgan fingerprint density at radius 1 is 1.12 bits per heavy atom. The first-order valence-corrected chi connectivity index (χ1v) is 14.6. The van der Waals surface area contributed by atoms with Gasteiger partial charge >= 0.3 is 17.9 Å². The van der Waals surface area contributed by atoms with E-state index in [9.17, 15) is 24.6 Å². The van der Waals surface area contributed by atoms with Crippen molar-refractivity contribution in [3.8, 4) is 0 Å². The Labute approximate surface area is 251 Å². The lowest BCUT2D eigenvalue weighted by molar-refractivity contribution is -0.339. The van der Waals surface area contributed by atoms with Crippen LogP contribution in [-0.4, -0.2) is 76.1 Å². The van der Waals surface area contributed by atoms with Gasteiger partial charge < -0.3 is 29.2 Å². The Balaban J connectivity index is 1.84. The second-order valence-electron chi connectivity index (χ2n) is 13.2. The quantitative estimate of drug-likeness (QED) is 0.225. The van der Waals surface area contributed by atoms with Crippen LogP contribution in [-0.2, 0) is 33.3 Å². The molecule has 2 saturated carbocycles. The van der Waals surface area contributed by atoms with E-state index in [4.69, 9.17) is 18.9 Å². The zero-order valence-corrected chi connectivity index (χ0v) is 25.4. The van der Waals surface area contributed by atoms with Gasteiger partial charge in [0.2, 0.25) is 0 Å². The van der Waals surface area contributed by atoms with Crippen LogP contribution >= 0.6 is 0 Å². The van der Waals surface area contributed by atoms with Gasteiger partial charge in [-0.15, -0.1) is 0 Å². The van der Waals surface area contributed by atoms with E-state index >= 15 is 4.79 Å². The second-order valence-corrected chi connectivity index (χ2v) is 13.2. The van der Waals surface area contributed by atoms with Crippen LogP contribution < -0.4 is 0 Å². The summed E-state index contributed by atoms with van der Waals surface area (Å²) in [5.41, 5.74) is -5.52. The van der Waals surface area contributed by atoms with Crippen molar-refractivity contribution < 1.29 is 48.3 Å². The number of carbonyl (C=O) groups excluding carboxylic acids is 4. The topological polar surface area (TPSA) is 146 Å². The number of hydrogen-bond acceptors (Lipinski definition) is 10.